The Bertz CT molecular complexity index is 112. The van der Waals surface area contributed by atoms with Crippen LogP contribution in [0.25, 0.3) is 0 Å². The zero-order valence-electron chi connectivity index (χ0n) is 4.18. The van der Waals surface area contributed by atoms with Crippen molar-refractivity contribution in [1.82, 2.24) is 0 Å². The van der Waals surface area contributed by atoms with Gasteiger partial charge in [0, 0.05) is 0 Å². The Balaban J connectivity index is -0.0000000257. The second-order valence-electron chi connectivity index (χ2n) is 0.300. The van der Waals surface area contributed by atoms with Gasteiger partial charge in [-0.25, -0.2) is 0 Å². The normalized spacial score (nSPS) is 2.40. The molecule has 0 aromatic rings. The van der Waals surface area contributed by atoms with E-state index in [4.69, 9.17) is 15.8 Å². The molecule has 0 atom stereocenters. The van der Waals surface area contributed by atoms with Gasteiger partial charge in [-0.3, -0.25) is 0 Å². The Morgan fingerprint density at radius 3 is 0.700 bits per heavy atom. The molecule has 0 aromatic carbocycles. The molecule has 0 heterocycles. The summed E-state index contributed by atoms with van der Waals surface area (Å²) in [4.78, 5) is 0. The summed E-state index contributed by atoms with van der Waals surface area (Å²) in [5, 5.41) is 25.9. The van der Waals surface area contributed by atoms with Gasteiger partial charge in [0.1, 0.15) is 16.2 Å². The van der Waals surface area contributed by atoms with Crippen LogP contribution in [0, 0.1) is 32.0 Å². The van der Waals surface area contributed by atoms with Crippen LogP contribution in [0.1, 0.15) is 0 Å². The van der Waals surface area contributed by atoms with Crippen molar-refractivity contribution in [2.45, 2.75) is 0 Å². The average molecular weight is 201 g/mol. The molecule has 0 aliphatic heterocycles. The molecule has 0 spiro atoms. The van der Waals surface area contributed by atoms with E-state index >= 15 is 0 Å². The molecule has 0 aliphatic carbocycles. The van der Waals surface area contributed by atoms with Crippen LogP contribution in [-0.2, 0) is 0 Å². The number of hydrogen-bond donors (Lipinski definition) is 3. The first-order chi connectivity index (χ1) is 4.24. The molecule has 3 nitrogen and oxygen atoms in total. The van der Waals surface area contributed by atoms with Crippen LogP contribution >= 0.6 is 37.9 Å². The fourth-order valence-electron chi connectivity index (χ4n) is 0. The van der Waals surface area contributed by atoms with Gasteiger partial charge in [-0.2, -0.15) is 15.8 Å². The first-order valence-electron chi connectivity index (χ1n) is 1.34. The Morgan fingerprint density at radius 2 is 0.700 bits per heavy atom. The van der Waals surface area contributed by atoms with Gasteiger partial charge in [0.05, 0.1) is 0 Å². The van der Waals surface area contributed by atoms with E-state index in [0.29, 0.717) is 0 Å². The molecule has 0 unspecified atom stereocenters. The van der Waals surface area contributed by atoms with Crippen LogP contribution in [0.3, 0.4) is 0 Å². The fraction of sp³-hybridized carbons (Fsp3) is 0. The van der Waals surface area contributed by atoms with Crippen LogP contribution in [0.15, 0.2) is 0 Å². The van der Waals surface area contributed by atoms with E-state index in [1.807, 2.05) is 0 Å². The number of rotatable bonds is 0. The van der Waals surface area contributed by atoms with E-state index in [0.717, 1.165) is 0 Å². The fourth-order valence-corrected chi connectivity index (χ4v) is 0. The van der Waals surface area contributed by atoms with Gasteiger partial charge >= 0.3 is 29.6 Å². The van der Waals surface area contributed by atoms with E-state index in [9.17, 15) is 0 Å². The van der Waals surface area contributed by atoms with Crippen molar-refractivity contribution >= 4 is 67.4 Å². The second kappa shape index (κ2) is 55.8. The molecule has 0 aliphatic rings. The summed E-state index contributed by atoms with van der Waals surface area (Å²) < 4.78 is 0. The maximum atomic E-state index is 7.18. The summed E-state index contributed by atoms with van der Waals surface area (Å²) in [5.74, 6) is 0. The summed E-state index contributed by atoms with van der Waals surface area (Å²) in [6.07, 6.45) is 0. The number of nitrogens with zero attached hydrogens (tertiary/aromatic N) is 3. The van der Waals surface area contributed by atoms with E-state index in [2.05, 4.69) is 37.9 Å². The molecule has 0 saturated carbocycles. The molecule has 0 saturated heterocycles. The SMILES string of the molecule is N#CS.N#CS.N#CS.[NaH]. The minimum atomic E-state index is 0. The van der Waals surface area contributed by atoms with Crippen molar-refractivity contribution in [3.63, 3.8) is 0 Å². The summed E-state index contributed by atoms with van der Waals surface area (Å²) in [7, 11) is 0. The van der Waals surface area contributed by atoms with E-state index in [-0.39, 0.29) is 29.6 Å². The first-order valence-corrected chi connectivity index (χ1v) is 2.68. The van der Waals surface area contributed by atoms with E-state index < -0.39 is 0 Å². The molecular weight excluding hydrogens is 197 g/mol. The summed E-state index contributed by atoms with van der Waals surface area (Å²) in [6, 6.07) is 0. The zero-order valence-corrected chi connectivity index (χ0v) is 6.87. The summed E-state index contributed by atoms with van der Waals surface area (Å²) >= 11 is 9.28. The average Bonchev–Trinajstić information content (AvgIpc) is 1.70. The molecule has 0 aromatic heterocycles. The monoisotopic (exact) mass is 201 g/mol. The van der Waals surface area contributed by atoms with Gasteiger partial charge in [-0.1, -0.05) is 37.9 Å². The predicted molar refractivity (Wildman–Crippen MR) is 50.9 cm³/mol. The van der Waals surface area contributed by atoms with Gasteiger partial charge < -0.3 is 0 Å². The minimum absolute atomic E-state index is 0. The molecule has 0 amide bonds. The Labute approximate surface area is 98.5 Å². The molecule has 0 fully saturated rings. The van der Waals surface area contributed by atoms with Crippen LogP contribution in [0.2, 0.25) is 0 Å². The molecule has 0 rings (SSSR count). The third kappa shape index (κ3) is 1780. The van der Waals surface area contributed by atoms with Gasteiger partial charge in [-0.15, -0.1) is 0 Å². The topological polar surface area (TPSA) is 71.4 Å². The molecule has 7 heteroatoms. The zero-order chi connectivity index (χ0) is 8.12. The molecule has 0 radical (unpaired) electrons. The molecule has 0 N–H and O–H groups in total. The summed E-state index contributed by atoms with van der Waals surface area (Å²) in [6.45, 7) is 0. The number of hydrogen-bond acceptors (Lipinski definition) is 6. The molecule has 50 valence electrons. The third-order valence-electron chi connectivity index (χ3n) is 0. The second-order valence-corrected chi connectivity index (χ2v) is 0.900. The van der Waals surface area contributed by atoms with Crippen LogP contribution < -0.4 is 0 Å². The van der Waals surface area contributed by atoms with Crippen molar-refractivity contribution in [2.24, 2.45) is 0 Å². The number of thiocyanates is 3. The van der Waals surface area contributed by atoms with Crippen molar-refractivity contribution in [3.8, 4) is 16.2 Å². The Morgan fingerprint density at radius 1 is 0.700 bits per heavy atom. The van der Waals surface area contributed by atoms with Crippen LogP contribution in [0.5, 0.6) is 0 Å². The third-order valence-corrected chi connectivity index (χ3v) is 0. The van der Waals surface area contributed by atoms with Crippen LogP contribution in [-0.4, -0.2) is 29.6 Å². The van der Waals surface area contributed by atoms with Crippen molar-refractivity contribution < 1.29 is 0 Å². The maximum absolute atomic E-state index is 7.18. The van der Waals surface area contributed by atoms with Gasteiger partial charge in [0.25, 0.3) is 0 Å². The molecular formula is C3H4N3NaS3. The van der Waals surface area contributed by atoms with Crippen LogP contribution in [0.4, 0.5) is 0 Å². The van der Waals surface area contributed by atoms with Gasteiger partial charge in [0.15, 0.2) is 0 Å². The van der Waals surface area contributed by atoms with E-state index in [1.165, 1.54) is 16.2 Å². The molecule has 10 heavy (non-hydrogen) atoms. The Hall–Kier alpha value is 0.520. The van der Waals surface area contributed by atoms with Crippen molar-refractivity contribution in [1.29, 1.82) is 15.8 Å². The first kappa shape index (κ1) is 22.4. The summed E-state index contributed by atoms with van der Waals surface area (Å²) in [5.41, 5.74) is 0. The molecule has 0 bridgehead atoms. The van der Waals surface area contributed by atoms with Gasteiger partial charge in [0.2, 0.25) is 0 Å². The number of nitriles is 3. The quantitative estimate of drug-likeness (QED) is 0.304. The van der Waals surface area contributed by atoms with Crippen molar-refractivity contribution in [3.05, 3.63) is 0 Å². The van der Waals surface area contributed by atoms with E-state index in [1.54, 1.807) is 0 Å². The van der Waals surface area contributed by atoms with Gasteiger partial charge in [-0.05, 0) is 0 Å². The Kier molecular flexibility index (Phi) is 125. The predicted octanol–water partition coefficient (Wildman–Crippen LogP) is 0.543. The standard InChI is InChI=1S/3CHNS.Na.H/c3*2-1-3;;/h3*3H;;. The number of thiol groups is 3. The van der Waals surface area contributed by atoms with Crippen molar-refractivity contribution in [2.75, 3.05) is 0 Å².